The molecule has 1 aliphatic heterocycles. The molecule has 0 bridgehead atoms. The number of amides is 2. The molecule has 0 spiro atoms. The van der Waals surface area contributed by atoms with Crippen molar-refractivity contribution in [1.82, 2.24) is 10.2 Å². The van der Waals surface area contributed by atoms with Gasteiger partial charge in [0.2, 0.25) is 11.8 Å². The molecule has 5 heteroatoms. The van der Waals surface area contributed by atoms with Crippen molar-refractivity contribution in [1.29, 1.82) is 0 Å². The highest BCUT2D eigenvalue weighted by Crippen LogP contribution is 2.08. The van der Waals surface area contributed by atoms with E-state index in [9.17, 15) is 9.59 Å². The molecule has 1 aliphatic rings. The van der Waals surface area contributed by atoms with Crippen molar-refractivity contribution in [2.75, 3.05) is 19.6 Å². The fourth-order valence-electron chi connectivity index (χ4n) is 2.16. The second-order valence-corrected chi connectivity index (χ2v) is 5.40. The number of likely N-dealkylation sites (tertiary alicyclic amines) is 1. The van der Waals surface area contributed by atoms with Gasteiger partial charge in [0, 0.05) is 13.1 Å². The van der Waals surface area contributed by atoms with Crippen molar-refractivity contribution in [3.8, 4) is 0 Å². The van der Waals surface area contributed by atoms with Crippen LogP contribution in [-0.2, 0) is 9.59 Å². The summed E-state index contributed by atoms with van der Waals surface area (Å²) in [6.07, 6.45) is 3.96. The van der Waals surface area contributed by atoms with E-state index >= 15 is 0 Å². The van der Waals surface area contributed by atoms with Gasteiger partial charge in [0.05, 0.1) is 12.6 Å². The summed E-state index contributed by atoms with van der Waals surface area (Å²) in [5.74, 6) is 0.150. The number of hydrogen-bond donors (Lipinski definition) is 2. The van der Waals surface area contributed by atoms with Gasteiger partial charge in [-0.1, -0.05) is 13.8 Å². The minimum atomic E-state index is -0.515. The van der Waals surface area contributed by atoms with E-state index in [1.807, 2.05) is 18.7 Å². The molecule has 0 unspecified atom stereocenters. The highest BCUT2D eigenvalue weighted by molar-refractivity contribution is 5.87. The van der Waals surface area contributed by atoms with Gasteiger partial charge in [-0.3, -0.25) is 9.59 Å². The highest BCUT2D eigenvalue weighted by atomic mass is 16.2. The Kier molecular flexibility index (Phi) is 6.12. The number of hydrogen-bond acceptors (Lipinski definition) is 3. The molecule has 104 valence electrons. The van der Waals surface area contributed by atoms with E-state index in [1.54, 1.807) is 0 Å². The molecule has 0 aromatic rings. The molecule has 0 aromatic heterocycles. The Morgan fingerprint density at radius 2 is 1.83 bits per heavy atom. The minimum Gasteiger partial charge on any atom is -0.346 e. The third-order valence-electron chi connectivity index (χ3n) is 3.18. The van der Waals surface area contributed by atoms with Gasteiger partial charge in [-0.25, -0.2) is 0 Å². The minimum absolute atomic E-state index is 0.000188. The summed E-state index contributed by atoms with van der Waals surface area (Å²) in [7, 11) is 0. The van der Waals surface area contributed by atoms with E-state index in [2.05, 4.69) is 5.32 Å². The molecule has 0 aromatic carbocycles. The Hall–Kier alpha value is -1.10. The average molecular weight is 255 g/mol. The molecule has 1 heterocycles. The third kappa shape index (κ3) is 5.04. The molecule has 18 heavy (non-hydrogen) atoms. The molecule has 1 saturated heterocycles. The van der Waals surface area contributed by atoms with Crippen molar-refractivity contribution < 1.29 is 9.59 Å². The van der Waals surface area contributed by atoms with Crippen LogP contribution in [0.3, 0.4) is 0 Å². The van der Waals surface area contributed by atoms with Gasteiger partial charge < -0.3 is 16.0 Å². The average Bonchev–Trinajstić information content (AvgIpc) is 2.35. The predicted molar refractivity (Wildman–Crippen MR) is 70.9 cm³/mol. The van der Waals surface area contributed by atoms with Crippen LogP contribution >= 0.6 is 0 Å². The zero-order valence-corrected chi connectivity index (χ0v) is 11.4. The maximum Gasteiger partial charge on any atom is 0.241 e. The smallest absolute Gasteiger partial charge is 0.241 e. The van der Waals surface area contributed by atoms with Crippen LogP contribution in [0.15, 0.2) is 0 Å². The van der Waals surface area contributed by atoms with Crippen LogP contribution in [0.2, 0.25) is 0 Å². The van der Waals surface area contributed by atoms with Crippen LogP contribution in [0.4, 0.5) is 0 Å². The number of nitrogens with two attached hydrogens (primary N) is 1. The third-order valence-corrected chi connectivity index (χ3v) is 3.18. The van der Waals surface area contributed by atoms with Crippen LogP contribution in [-0.4, -0.2) is 42.4 Å². The molecule has 0 aliphatic carbocycles. The quantitative estimate of drug-likeness (QED) is 0.750. The Bertz CT molecular complexity index is 286. The van der Waals surface area contributed by atoms with Crippen LogP contribution in [0.5, 0.6) is 0 Å². The van der Waals surface area contributed by atoms with Gasteiger partial charge in [0.25, 0.3) is 0 Å². The lowest BCUT2D eigenvalue weighted by Gasteiger charge is -2.27. The Balaban J connectivity index is 2.26. The van der Waals surface area contributed by atoms with Gasteiger partial charge in [-0.2, -0.15) is 0 Å². The fourth-order valence-corrected chi connectivity index (χ4v) is 2.16. The first kappa shape index (κ1) is 15.0. The standard InChI is InChI=1S/C13H25N3O2/c1-10(2)8-11(14)13(18)15-9-12(17)16-6-4-3-5-7-16/h10-11H,3-9,14H2,1-2H3,(H,15,18)/t11-/m0/s1. The summed E-state index contributed by atoms with van der Waals surface area (Å²) >= 11 is 0. The molecule has 1 atom stereocenters. The van der Waals surface area contributed by atoms with Gasteiger partial charge in [0.1, 0.15) is 0 Å². The summed E-state index contributed by atoms with van der Waals surface area (Å²) in [5.41, 5.74) is 5.75. The normalized spacial score (nSPS) is 17.7. The lowest BCUT2D eigenvalue weighted by atomic mass is 10.0. The van der Waals surface area contributed by atoms with Gasteiger partial charge in [-0.15, -0.1) is 0 Å². The largest absolute Gasteiger partial charge is 0.346 e. The van der Waals surface area contributed by atoms with E-state index < -0.39 is 6.04 Å². The number of nitrogens with one attached hydrogen (secondary N) is 1. The second kappa shape index (κ2) is 7.36. The predicted octanol–water partition coefficient (Wildman–Crippen LogP) is 0.489. The number of carbonyl (C=O) groups is 2. The van der Waals surface area contributed by atoms with Crippen molar-refractivity contribution >= 4 is 11.8 Å². The Morgan fingerprint density at radius 3 is 2.39 bits per heavy atom. The van der Waals surface area contributed by atoms with Crippen LogP contribution in [0.1, 0.15) is 39.5 Å². The molecule has 5 nitrogen and oxygen atoms in total. The topological polar surface area (TPSA) is 75.4 Å². The van der Waals surface area contributed by atoms with E-state index in [-0.39, 0.29) is 18.4 Å². The molecule has 1 rings (SSSR count). The summed E-state index contributed by atoms with van der Waals surface area (Å²) < 4.78 is 0. The maximum atomic E-state index is 11.8. The zero-order valence-electron chi connectivity index (χ0n) is 11.4. The lowest BCUT2D eigenvalue weighted by molar-refractivity contribution is -0.133. The molecular weight excluding hydrogens is 230 g/mol. The highest BCUT2D eigenvalue weighted by Gasteiger charge is 2.19. The molecule has 1 fully saturated rings. The first-order valence-corrected chi connectivity index (χ1v) is 6.81. The maximum absolute atomic E-state index is 11.8. The van der Waals surface area contributed by atoms with E-state index in [0.29, 0.717) is 12.3 Å². The summed E-state index contributed by atoms with van der Waals surface area (Å²) in [6.45, 7) is 5.74. The summed E-state index contributed by atoms with van der Waals surface area (Å²) in [4.78, 5) is 25.3. The first-order valence-electron chi connectivity index (χ1n) is 6.81. The molecule has 2 amide bonds. The number of rotatable bonds is 5. The summed E-state index contributed by atoms with van der Waals surface area (Å²) in [5, 5.41) is 2.63. The molecule has 3 N–H and O–H groups in total. The van der Waals surface area contributed by atoms with Crippen LogP contribution < -0.4 is 11.1 Å². The van der Waals surface area contributed by atoms with E-state index in [1.165, 1.54) is 6.42 Å². The second-order valence-electron chi connectivity index (χ2n) is 5.40. The number of nitrogens with zero attached hydrogens (tertiary/aromatic N) is 1. The molecule has 0 saturated carbocycles. The number of carbonyl (C=O) groups excluding carboxylic acids is 2. The monoisotopic (exact) mass is 255 g/mol. The Labute approximate surface area is 109 Å². The van der Waals surface area contributed by atoms with Crippen LogP contribution in [0, 0.1) is 5.92 Å². The van der Waals surface area contributed by atoms with Crippen molar-refractivity contribution in [2.45, 2.75) is 45.6 Å². The molecule has 0 radical (unpaired) electrons. The van der Waals surface area contributed by atoms with Crippen molar-refractivity contribution in [2.24, 2.45) is 11.7 Å². The van der Waals surface area contributed by atoms with Gasteiger partial charge in [0.15, 0.2) is 0 Å². The number of piperidine rings is 1. The van der Waals surface area contributed by atoms with E-state index in [4.69, 9.17) is 5.73 Å². The fraction of sp³-hybridized carbons (Fsp3) is 0.846. The Morgan fingerprint density at radius 1 is 1.22 bits per heavy atom. The summed E-state index contributed by atoms with van der Waals surface area (Å²) in [6, 6.07) is -0.515. The first-order chi connectivity index (χ1) is 8.50. The SMILES string of the molecule is CC(C)C[C@H](N)C(=O)NCC(=O)N1CCCCC1. The van der Waals surface area contributed by atoms with Crippen LogP contribution in [0.25, 0.3) is 0 Å². The lowest BCUT2D eigenvalue weighted by Crippen LogP contribution is -2.47. The van der Waals surface area contributed by atoms with E-state index in [0.717, 1.165) is 25.9 Å². The zero-order chi connectivity index (χ0) is 13.5. The van der Waals surface area contributed by atoms with Gasteiger partial charge >= 0.3 is 0 Å². The molecular formula is C13H25N3O2. The van der Waals surface area contributed by atoms with Crippen molar-refractivity contribution in [3.63, 3.8) is 0 Å². The van der Waals surface area contributed by atoms with Crippen molar-refractivity contribution in [3.05, 3.63) is 0 Å². The van der Waals surface area contributed by atoms with Gasteiger partial charge in [-0.05, 0) is 31.6 Å².